The maximum absolute atomic E-state index is 12.0. The smallest absolute Gasteiger partial charge is 0.276 e. The Kier molecular flexibility index (Phi) is 6.37. The molecular formula is C18H19BrN2O3. The minimum atomic E-state index is -0.436. The second kappa shape index (κ2) is 8.49. The number of hydrogen-bond donors (Lipinski definition) is 2. The lowest BCUT2D eigenvalue weighted by Gasteiger charge is -2.14. The van der Waals surface area contributed by atoms with Crippen molar-refractivity contribution in [3.63, 3.8) is 0 Å². The molecule has 0 aliphatic carbocycles. The summed E-state index contributed by atoms with van der Waals surface area (Å²) in [4.78, 5) is 23.8. The van der Waals surface area contributed by atoms with Crippen LogP contribution in [0, 0.1) is 0 Å². The van der Waals surface area contributed by atoms with Crippen LogP contribution in [0.2, 0.25) is 0 Å². The van der Waals surface area contributed by atoms with Crippen LogP contribution in [-0.2, 0) is 4.79 Å². The average molecular weight is 391 g/mol. The molecule has 6 heteroatoms. The highest BCUT2D eigenvalue weighted by Crippen LogP contribution is 2.25. The maximum atomic E-state index is 12.0. The quantitative estimate of drug-likeness (QED) is 0.768. The van der Waals surface area contributed by atoms with Crippen molar-refractivity contribution >= 4 is 27.7 Å². The third-order valence-corrected chi connectivity index (χ3v) is 4.03. The Bertz CT molecular complexity index is 732. The van der Waals surface area contributed by atoms with Gasteiger partial charge in [-0.25, -0.2) is 0 Å². The SMILES string of the molecule is CC(C)c1ccccc1OCC(=O)NNC(=O)c1ccccc1Br. The molecule has 0 heterocycles. The molecule has 2 aromatic rings. The van der Waals surface area contributed by atoms with Gasteiger partial charge in [-0.1, -0.05) is 44.2 Å². The van der Waals surface area contributed by atoms with Gasteiger partial charge in [0, 0.05) is 4.47 Å². The first-order valence-corrected chi connectivity index (χ1v) is 8.33. The lowest BCUT2D eigenvalue weighted by Crippen LogP contribution is -2.44. The van der Waals surface area contributed by atoms with Crippen LogP contribution in [0.15, 0.2) is 53.0 Å². The third-order valence-electron chi connectivity index (χ3n) is 3.33. The van der Waals surface area contributed by atoms with E-state index >= 15 is 0 Å². The van der Waals surface area contributed by atoms with Crippen molar-refractivity contribution < 1.29 is 14.3 Å². The van der Waals surface area contributed by atoms with Crippen LogP contribution in [0.5, 0.6) is 5.75 Å². The Morgan fingerprint density at radius 1 is 1.04 bits per heavy atom. The summed E-state index contributed by atoms with van der Waals surface area (Å²) >= 11 is 3.29. The number of carbonyl (C=O) groups excluding carboxylic acids is 2. The van der Waals surface area contributed by atoms with Crippen LogP contribution in [0.25, 0.3) is 0 Å². The van der Waals surface area contributed by atoms with Gasteiger partial charge in [-0.15, -0.1) is 0 Å². The molecule has 0 atom stereocenters. The van der Waals surface area contributed by atoms with Gasteiger partial charge in [0.05, 0.1) is 5.56 Å². The predicted molar refractivity (Wildman–Crippen MR) is 95.8 cm³/mol. The molecule has 0 radical (unpaired) electrons. The number of nitrogens with one attached hydrogen (secondary N) is 2. The topological polar surface area (TPSA) is 67.4 Å². The highest BCUT2D eigenvalue weighted by Gasteiger charge is 2.12. The number of para-hydroxylation sites is 1. The van der Waals surface area contributed by atoms with Crippen molar-refractivity contribution in [2.24, 2.45) is 0 Å². The second-order valence-corrected chi connectivity index (χ2v) is 6.32. The first-order chi connectivity index (χ1) is 11.5. The molecule has 0 unspecified atom stereocenters. The molecular weight excluding hydrogens is 372 g/mol. The zero-order chi connectivity index (χ0) is 17.5. The summed E-state index contributed by atoms with van der Waals surface area (Å²) in [5, 5.41) is 0. The number of hydrogen-bond acceptors (Lipinski definition) is 3. The van der Waals surface area contributed by atoms with Gasteiger partial charge in [0.15, 0.2) is 6.61 Å². The molecule has 126 valence electrons. The van der Waals surface area contributed by atoms with Gasteiger partial charge in [-0.05, 0) is 45.6 Å². The molecule has 0 aromatic heterocycles. The van der Waals surface area contributed by atoms with E-state index in [-0.39, 0.29) is 6.61 Å². The van der Waals surface area contributed by atoms with Crippen molar-refractivity contribution in [1.29, 1.82) is 0 Å². The molecule has 0 spiro atoms. The highest BCUT2D eigenvalue weighted by molar-refractivity contribution is 9.10. The van der Waals surface area contributed by atoms with Crippen LogP contribution in [0.3, 0.4) is 0 Å². The lowest BCUT2D eigenvalue weighted by atomic mass is 10.0. The minimum absolute atomic E-state index is 0.181. The number of hydrazine groups is 1. The maximum Gasteiger partial charge on any atom is 0.276 e. The van der Waals surface area contributed by atoms with Gasteiger partial charge in [0.25, 0.3) is 11.8 Å². The van der Waals surface area contributed by atoms with Crippen molar-refractivity contribution in [3.8, 4) is 5.75 Å². The monoisotopic (exact) mass is 390 g/mol. The van der Waals surface area contributed by atoms with E-state index in [2.05, 4.69) is 40.6 Å². The van der Waals surface area contributed by atoms with E-state index in [0.717, 1.165) is 5.56 Å². The average Bonchev–Trinajstić information content (AvgIpc) is 2.58. The normalized spacial score (nSPS) is 10.3. The molecule has 0 saturated heterocycles. The summed E-state index contributed by atoms with van der Waals surface area (Å²) in [5.41, 5.74) is 6.17. The second-order valence-electron chi connectivity index (χ2n) is 5.46. The minimum Gasteiger partial charge on any atom is -0.483 e. The van der Waals surface area contributed by atoms with Gasteiger partial charge in [0.2, 0.25) is 0 Å². The first kappa shape index (κ1) is 18.0. The fourth-order valence-electron chi connectivity index (χ4n) is 2.11. The number of rotatable bonds is 5. The Balaban J connectivity index is 1.86. The van der Waals surface area contributed by atoms with Gasteiger partial charge >= 0.3 is 0 Å². The largest absolute Gasteiger partial charge is 0.483 e. The van der Waals surface area contributed by atoms with Crippen LogP contribution in [0.4, 0.5) is 0 Å². The van der Waals surface area contributed by atoms with Crippen LogP contribution >= 0.6 is 15.9 Å². The highest BCUT2D eigenvalue weighted by atomic mass is 79.9. The summed E-state index contributed by atoms with van der Waals surface area (Å²) in [6.07, 6.45) is 0. The molecule has 2 rings (SSSR count). The van der Waals surface area contributed by atoms with Crippen LogP contribution in [0.1, 0.15) is 35.7 Å². The zero-order valence-corrected chi connectivity index (χ0v) is 15.1. The molecule has 2 amide bonds. The number of amides is 2. The molecule has 0 fully saturated rings. The standard InChI is InChI=1S/C18H19BrN2O3/c1-12(2)13-7-4-6-10-16(13)24-11-17(22)20-21-18(23)14-8-3-5-9-15(14)19/h3-10,12H,11H2,1-2H3,(H,20,22)(H,21,23). The van der Waals surface area contributed by atoms with Gasteiger partial charge < -0.3 is 4.74 Å². The molecule has 0 bridgehead atoms. The van der Waals surface area contributed by atoms with E-state index in [1.807, 2.05) is 24.3 Å². The van der Waals surface area contributed by atoms with Gasteiger partial charge in [-0.3, -0.25) is 20.4 Å². The summed E-state index contributed by atoms with van der Waals surface area (Å²) in [6, 6.07) is 14.5. The molecule has 0 aliphatic heterocycles. The zero-order valence-electron chi connectivity index (χ0n) is 13.5. The summed E-state index contributed by atoms with van der Waals surface area (Å²) in [6.45, 7) is 3.93. The predicted octanol–water partition coefficient (Wildman–Crippen LogP) is 3.41. The third kappa shape index (κ3) is 4.83. The first-order valence-electron chi connectivity index (χ1n) is 7.54. The number of carbonyl (C=O) groups is 2. The number of ether oxygens (including phenoxy) is 1. The molecule has 5 nitrogen and oxygen atoms in total. The summed E-state index contributed by atoms with van der Waals surface area (Å²) in [5.74, 6) is 0.117. The summed E-state index contributed by atoms with van der Waals surface area (Å²) in [7, 11) is 0. The van der Waals surface area contributed by atoms with Crippen LogP contribution < -0.4 is 15.6 Å². The van der Waals surface area contributed by atoms with E-state index in [1.165, 1.54) is 0 Å². The Morgan fingerprint density at radius 2 is 1.71 bits per heavy atom. The van der Waals surface area contributed by atoms with Gasteiger partial charge in [0.1, 0.15) is 5.75 Å². The fraction of sp³-hybridized carbons (Fsp3) is 0.222. The van der Waals surface area contributed by atoms with E-state index in [4.69, 9.17) is 4.74 Å². The van der Waals surface area contributed by atoms with E-state index < -0.39 is 11.8 Å². The van der Waals surface area contributed by atoms with Crippen molar-refractivity contribution in [2.45, 2.75) is 19.8 Å². The lowest BCUT2D eigenvalue weighted by molar-refractivity contribution is -0.123. The summed E-state index contributed by atoms with van der Waals surface area (Å²) < 4.78 is 6.20. The fourth-order valence-corrected chi connectivity index (χ4v) is 2.57. The molecule has 0 aliphatic rings. The molecule has 24 heavy (non-hydrogen) atoms. The molecule has 2 N–H and O–H groups in total. The van der Waals surface area contributed by atoms with Crippen LogP contribution in [-0.4, -0.2) is 18.4 Å². The molecule has 2 aromatic carbocycles. The Hall–Kier alpha value is -2.34. The van der Waals surface area contributed by atoms with Crippen molar-refractivity contribution in [1.82, 2.24) is 10.9 Å². The van der Waals surface area contributed by atoms with E-state index in [0.29, 0.717) is 21.7 Å². The Labute approximate surface area is 149 Å². The van der Waals surface area contributed by atoms with E-state index in [1.54, 1.807) is 24.3 Å². The number of halogens is 1. The van der Waals surface area contributed by atoms with E-state index in [9.17, 15) is 9.59 Å². The number of benzene rings is 2. The van der Waals surface area contributed by atoms with Crippen molar-refractivity contribution in [3.05, 3.63) is 64.1 Å². The van der Waals surface area contributed by atoms with Gasteiger partial charge in [-0.2, -0.15) is 0 Å². The Morgan fingerprint density at radius 3 is 2.42 bits per heavy atom. The van der Waals surface area contributed by atoms with Crippen molar-refractivity contribution in [2.75, 3.05) is 6.61 Å². The molecule has 0 saturated carbocycles.